The molecule has 3 unspecified atom stereocenters. The van der Waals surface area contributed by atoms with E-state index in [1.54, 1.807) is 0 Å². The lowest BCUT2D eigenvalue weighted by Gasteiger charge is -2.09. The van der Waals surface area contributed by atoms with Crippen molar-refractivity contribution in [1.29, 1.82) is 0 Å². The Hall–Kier alpha value is -1.09. The summed E-state index contributed by atoms with van der Waals surface area (Å²) in [5.74, 6) is 1.73. The topological polar surface area (TPSA) is 30.7 Å². The second kappa shape index (κ2) is 4.23. The molecular weight excluding hydrogens is 246 g/mol. The van der Waals surface area contributed by atoms with Gasteiger partial charge in [-0.1, -0.05) is 13.3 Å². The van der Waals surface area contributed by atoms with Gasteiger partial charge in [0.1, 0.15) is 11.3 Å². The summed E-state index contributed by atoms with van der Waals surface area (Å²) >= 11 is 6.27. The van der Waals surface area contributed by atoms with Crippen molar-refractivity contribution < 1.29 is 0 Å². The normalized spacial score (nSPS) is 24.4. The van der Waals surface area contributed by atoms with Crippen LogP contribution in [0.2, 0.25) is 0 Å². The second-order valence-electron chi connectivity index (χ2n) is 5.28. The van der Waals surface area contributed by atoms with Crippen LogP contribution in [0.25, 0.3) is 11.2 Å². The van der Waals surface area contributed by atoms with Gasteiger partial charge >= 0.3 is 0 Å². The van der Waals surface area contributed by atoms with Crippen LogP contribution in [-0.2, 0) is 0 Å². The van der Waals surface area contributed by atoms with E-state index < -0.39 is 0 Å². The van der Waals surface area contributed by atoms with E-state index >= 15 is 0 Å². The van der Waals surface area contributed by atoms with Crippen molar-refractivity contribution in [2.45, 2.75) is 45.0 Å². The van der Waals surface area contributed by atoms with E-state index in [1.807, 2.05) is 20.0 Å². The molecule has 1 saturated carbocycles. The lowest BCUT2D eigenvalue weighted by Crippen LogP contribution is -2.04. The molecule has 1 aliphatic rings. The molecule has 96 valence electrons. The van der Waals surface area contributed by atoms with E-state index in [4.69, 9.17) is 11.6 Å². The molecule has 18 heavy (non-hydrogen) atoms. The summed E-state index contributed by atoms with van der Waals surface area (Å²) in [5, 5.41) is -0.0717. The summed E-state index contributed by atoms with van der Waals surface area (Å²) in [4.78, 5) is 9.23. The van der Waals surface area contributed by atoms with Gasteiger partial charge in [0, 0.05) is 12.2 Å². The summed E-state index contributed by atoms with van der Waals surface area (Å²) in [6.45, 7) is 6.27. The summed E-state index contributed by atoms with van der Waals surface area (Å²) in [6.07, 6.45) is 4.35. The van der Waals surface area contributed by atoms with Crippen molar-refractivity contribution in [2.24, 2.45) is 5.92 Å². The van der Waals surface area contributed by atoms with Gasteiger partial charge in [0.05, 0.1) is 5.38 Å². The molecule has 1 fully saturated rings. The summed E-state index contributed by atoms with van der Waals surface area (Å²) in [5.41, 5.74) is 3.10. The minimum atomic E-state index is -0.0717. The van der Waals surface area contributed by atoms with Crippen LogP contribution in [0.15, 0.2) is 12.3 Å². The fraction of sp³-hybridized carbons (Fsp3) is 0.571. The monoisotopic (exact) mass is 263 g/mol. The Morgan fingerprint density at radius 3 is 2.94 bits per heavy atom. The molecular formula is C14H18ClN3. The van der Waals surface area contributed by atoms with Gasteiger partial charge < -0.3 is 4.57 Å². The van der Waals surface area contributed by atoms with Gasteiger partial charge in [0.15, 0.2) is 5.65 Å². The molecule has 0 aliphatic heterocycles. The molecule has 0 aromatic carbocycles. The smallest absolute Gasteiger partial charge is 0.160 e. The van der Waals surface area contributed by atoms with Gasteiger partial charge in [-0.3, -0.25) is 0 Å². The summed E-state index contributed by atoms with van der Waals surface area (Å²) < 4.78 is 2.26. The predicted octanol–water partition coefficient (Wildman–Crippen LogP) is 4.01. The highest BCUT2D eigenvalue weighted by molar-refractivity contribution is 6.20. The number of hydrogen-bond acceptors (Lipinski definition) is 2. The van der Waals surface area contributed by atoms with Crippen LogP contribution in [-0.4, -0.2) is 14.5 Å². The van der Waals surface area contributed by atoms with E-state index in [0.29, 0.717) is 6.04 Å². The molecule has 0 N–H and O–H groups in total. The number of hydrogen-bond donors (Lipinski definition) is 0. The van der Waals surface area contributed by atoms with Gasteiger partial charge in [-0.05, 0) is 37.8 Å². The van der Waals surface area contributed by atoms with Crippen molar-refractivity contribution in [3.8, 4) is 0 Å². The van der Waals surface area contributed by atoms with E-state index in [1.165, 1.54) is 12.8 Å². The van der Waals surface area contributed by atoms with E-state index in [-0.39, 0.29) is 5.38 Å². The number of alkyl halides is 1. The van der Waals surface area contributed by atoms with Crippen molar-refractivity contribution >= 4 is 22.8 Å². The van der Waals surface area contributed by atoms with E-state index in [9.17, 15) is 0 Å². The van der Waals surface area contributed by atoms with Crippen LogP contribution in [0.5, 0.6) is 0 Å². The molecule has 0 radical (unpaired) electrons. The predicted molar refractivity (Wildman–Crippen MR) is 74.0 cm³/mol. The minimum absolute atomic E-state index is 0.0717. The molecule has 3 atom stereocenters. The Kier molecular flexibility index (Phi) is 2.81. The molecule has 0 saturated heterocycles. The maximum absolute atomic E-state index is 6.27. The molecule has 2 aromatic heterocycles. The molecule has 0 spiro atoms. The zero-order chi connectivity index (χ0) is 12.9. The molecule has 3 rings (SSSR count). The highest BCUT2D eigenvalue weighted by Crippen LogP contribution is 2.48. The molecule has 3 nitrogen and oxygen atoms in total. The van der Waals surface area contributed by atoms with Crippen LogP contribution in [0.3, 0.4) is 0 Å². The molecule has 1 aliphatic carbocycles. The van der Waals surface area contributed by atoms with E-state index in [0.717, 1.165) is 28.5 Å². The molecule has 2 aromatic rings. The largest absolute Gasteiger partial charge is 0.308 e. The first-order valence-electron chi connectivity index (χ1n) is 6.60. The fourth-order valence-corrected chi connectivity index (χ4v) is 2.85. The van der Waals surface area contributed by atoms with Crippen molar-refractivity contribution in [3.05, 3.63) is 23.7 Å². The average Bonchev–Trinajstić information content (AvgIpc) is 3.01. The van der Waals surface area contributed by atoms with Gasteiger partial charge in [-0.25, -0.2) is 9.97 Å². The SMILES string of the molecule is CCC1CC1n1c(C(C)Cl)nc2cc(C)cnc21. The van der Waals surface area contributed by atoms with Crippen molar-refractivity contribution in [3.63, 3.8) is 0 Å². The zero-order valence-corrected chi connectivity index (χ0v) is 11.8. The summed E-state index contributed by atoms with van der Waals surface area (Å²) in [6, 6.07) is 2.64. The number of rotatable bonds is 3. The van der Waals surface area contributed by atoms with Crippen LogP contribution in [0, 0.1) is 12.8 Å². The average molecular weight is 264 g/mol. The fourth-order valence-electron chi connectivity index (χ4n) is 2.69. The quantitative estimate of drug-likeness (QED) is 0.784. The number of aromatic nitrogens is 3. The van der Waals surface area contributed by atoms with Crippen LogP contribution in [0.1, 0.15) is 49.5 Å². The Bertz CT molecular complexity index is 588. The van der Waals surface area contributed by atoms with Crippen molar-refractivity contribution in [2.75, 3.05) is 0 Å². The molecule has 4 heteroatoms. The third-order valence-electron chi connectivity index (χ3n) is 3.79. The third kappa shape index (κ3) is 1.81. The number of nitrogens with zero attached hydrogens (tertiary/aromatic N) is 3. The van der Waals surface area contributed by atoms with Gasteiger partial charge in [0.2, 0.25) is 0 Å². The maximum atomic E-state index is 6.27. The third-order valence-corrected chi connectivity index (χ3v) is 3.99. The second-order valence-corrected chi connectivity index (χ2v) is 5.94. The molecule has 0 amide bonds. The first-order chi connectivity index (χ1) is 8.61. The molecule has 2 heterocycles. The number of halogens is 1. The Morgan fingerprint density at radius 2 is 2.33 bits per heavy atom. The Balaban J connectivity index is 2.17. The lowest BCUT2D eigenvalue weighted by molar-refractivity contribution is 0.621. The summed E-state index contributed by atoms with van der Waals surface area (Å²) in [7, 11) is 0. The van der Waals surface area contributed by atoms with Gasteiger partial charge in [-0.15, -0.1) is 11.6 Å². The highest BCUT2D eigenvalue weighted by Gasteiger charge is 2.40. The first-order valence-corrected chi connectivity index (χ1v) is 7.04. The van der Waals surface area contributed by atoms with Crippen LogP contribution < -0.4 is 0 Å². The molecule has 0 bridgehead atoms. The number of fused-ring (bicyclic) bond motifs is 1. The lowest BCUT2D eigenvalue weighted by atomic mass is 10.3. The zero-order valence-electron chi connectivity index (χ0n) is 11.0. The van der Waals surface area contributed by atoms with Crippen LogP contribution >= 0.6 is 11.6 Å². The van der Waals surface area contributed by atoms with E-state index in [2.05, 4.69) is 27.5 Å². The minimum Gasteiger partial charge on any atom is -0.308 e. The first kappa shape index (κ1) is 12.0. The standard InChI is InChI=1S/C14H18ClN3/c1-4-10-6-12(10)18-13(9(3)15)17-11-5-8(2)7-16-14(11)18/h5,7,9-10,12H,4,6H2,1-3H3. The Morgan fingerprint density at radius 1 is 1.56 bits per heavy atom. The number of aryl methyl sites for hydroxylation is 1. The Labute approximate surface area is 112 Å². The van der Waals surface area contributed by atoms with Crippen LogP contribution in [0.4, 0.5) is 0 Å². The maximum Gasteiger partial charge on any atom is 0.160 e. The number of pyridine rings is 1. The van der Waals surface area contributed by atoms with Crippen molar-refractivity contribution in [1.82, 2.24) is 14.5 Å². The van der Waals surface area contributed by atoms with Gasteiger partial charge in [-0.2, -0.15) is 0 Å². The highest BCUT2D eigenvalue weighted by atomic mass is 35.5. The number of imidazole rings is 1. The van der Waals surface area contributed by atoms with Gasteiger partial charge in [0.25, 0.3) is 0 Å².